The third-order valence-corrected chi connectivity index (χ3v) is 3.43. The molecule has 0 spiro atoms. The van der Waals surface area contributed by atoms with Crippen LogP contribution in [0.15, 0.2) is 30.3 Å². The van der Waals surface area contributed by atoms with Crippen molar-refractivity contribution >= 4 is 0 Å². The number of aryl methyl sites for hydroxylation is 1. The van der Waals surface area contributed by atoms with Crippen LogP contribution in [0, 0.1) is 0 Å². The highest BCUT2D eigenvalue weighted by Gasteiger charge is 1.98. The molecule has 0 aliphatic carbocycles. The van der Waals surface area contributed by atoms with E-state index in [-0.39, 0.29) is 5.48 Å². The van der Waals surface area contributed by atoms with Gasteiger partial charge in [-0.25, -0.2) is 0 Å². The van der Waals surface area contributed by atoms with Gasteiger partial charge < -0.3 is 10.4 Å². The van der Waals surface area contributed by atoms with E-state index in [1.807, 2.05) is 0 Å². The minimum atomic E-state index is 0. The van der Waals surface area contributed by atoms with Gasteiger partial charge in [-0.15, -0.1) is 0 Å². The maximum Gasteiger partial charge on any atom is -0.00190 e. The Kier molecular flexibility index (Phi) is 10.7. The van der Waals surface area contributed by atoms with E-state index >= 15 is 0 Å². The molecule has 2 nitrogen and oxygen atoms in total. The van der Waals surface area contributed by atoms with E-state index in [1.165, 1.54) is 57.3 Å². The first-order valence-electron chi connectivity index (χ1n) is 7.13. The molecule has 0 atom stereocenters. The van der Waals surface area contributed by atoms with Crippen molar-refractivity contribution in [2.45, 2.75) is 46.0 Å². The molecular formula is C16H29NO. The number of rotatable bonds is 9. The topological polar surface area (TPSA) is 34.7 Å². The fraction of sp³-hybridized carbons (Fsp3) is 0.625. The van der Waals surface area contributed by atoms with E-state index in [9.17, 15) is 0 Å². The van der Waals surface area contributed by atoms with Gasteiger partial charge in [0.15, 0.2) is 0 Å². The van der Waals surface area contributed by atoms with E-state index in [0.29, 0.717) is 0 Å². The molecule has 0 saturated heterocycles. The second kappa shape index (κ2) is 11.2. The van der Waals surface area contributed by atoms with Crippen LogP contribution in [-0.2, 0) is 6.42 Å². The number of hydrogen-bond acceptors (Lipinski definition) is 1. The second-order valence-electron chi connectivity index (χ2n) is 4.68. The van der Waals surface area contributed by atoms with Gasteiger partial charge in [-0.05, 0) is 44.5 Å². The predicted molar refractivity (Wildman–Crippen MR) is 80.0 cm³/mol. The summed E-state index contributed by atoms with van der Waals surface area (Å²) < 4.78 is 0. The van der Waals surface area contributed by atoms with E-state index in [2.05, 4.69) is 49.1 Å². The molecule has 1 aromatic carbocycles. The Hall–Kier alpha value is -0.860. The van der Waals surface area contributed by atoms with Crippen molar-refractivity contribution in [1.29, 1.82) is 0 Å². The van der Waals surface area contributed by atoms with Crippen molar-refractivity contribution in [2.75, 3.05) is 19.6 Å². The number of hydrogen-bond donors (Lipinski definition) is 0. The molecule has 0 aliphatic rings. The lowest BCUT2D eigenvalue weighted by Crippen LogP contribution is -2.23. The Morgan fingerprint density at radius 3 is 2.06 bits per heavy atom. The zero-order chi connectivity index (χ0) is 12.3. The summed E-state index contributed by atoms with van der Waals surface area (Å²) in [5, 5.41) is 0. The van der Waals surface area contributed by atoms with Crippen LogP contribution in [0.25, 0.3) is 0 Å². The molecule has 104 valence electrons. The van der Waals surface area contributed by atoms with Gasteiger partial charge in [-0.2, -0.15) is 0 Å². The van der Waals surface area contributed by atoms with Crippen molar-refractivity contribution in [2.24, 2.45) is 0 Å². The van der Waals surface area contributed by atoms with Gasteiger partial charge >= 0.3 is 0 Å². The minimum absolute atomic E-state index is 0. The molecule has 0 unspecified atom stereocenters. The van der Waals surface area contributed by atoms with Gasteiger partial charge in [0.25, 0.3) is 0 Å². The summed E-state index contributed by atoms with van der Waals surface area (Å²) in [6, 6.07) is 10.8. The number of benzene rings is 1. The minimum Gasteiger partial charge on any atom is -0.412 e. The third-order valence-electron chi connectivity index (χ3n) is 3.43. The summed E-state index contributed by atoms with van der Waals surface area (Å²) in [5.74, 6) is 0. The first-order valence-corrected chi connectivity index (χ1v) is 7.13. The fourth-order valence-corrected chi connectivity index (χ4v) is 2.20. The zero-order valence-corrected chi connectivity index (χ0v) is 12.0. The largest absolute Gasteiger partial charge is 0.412 e. The van der Waals surface area contributed by atoms with Crippen molar-refractivity contribution in [3.05, 3.63) is 35.9 Å². The smallest absolute Gasteiger partial charge is 0.00190 e. The van der Waals surface area contributed by atoms with Crippen molar-refractivity contribution < 1.29 is 5.48 Å². The molecule has 0 saturated carbocycles. The average Bonchev–Trinajstić information content (AvgIpc) is 2.39. The van der Waals surface area contributed by atoms with Crippen LogP contribution in [0.1, 0.15) is 45.1 Å². The van der Waals surface area contributed by atoms with Crippen LogP contribution in [-0.4, -0.2) is 30.0 Å². The molecule has 2 N–H and O–H groups in total. The van der Waals surface area contributed by atoms with E-state index in [1.54, 1.807) is 0 Å². The van der Waals surface area contributed by atoms with Crippen LogP contribution in [0.3, 0.4) is 0 Å². The van der Waals surface area contributed by atoms with Crippen molar-refractivity contribution in [3.8, 4) is 0 Å². The molecule has 0 aliphatic heterocycles. The normalized spacial score (nSPS) is 10.4. The maximum absolute atomic E-state index is 2.51. The molecular weight excluding hydrogens is 222 g/mol. The molecule has 0 fully saturated rings. The van der Waals surface area contributed by atoms with Crippen LogP contribution >= 0.6 is 0 Å². The second-order valence-corrected chi connectivity index (χ2v) is 4.68. The van der Waals surface area contributed by atoms with Crippen molar-refractivity contribution in [1.82, 2.24) is 4.90 Å². The Bertz CT molecular complexity index is 270. The van der Waals surface area contributed by atoms with Gasteiger partial charge in [0.2, 0.25) is 0 Å². The van der Waals surface area contributed by atoms with Gasteiger partial charge in [0.1, 0.15) is 0 Å². The van der Waals surface area contributed by atoms with Gasteiger partial charge in [-0.1, -0.05) is 57.0 Å². The highest BCUT2D eigenvalue weighted by atomic mass is 16.0. The Labute approximate surface area is 112 Å². The van der Waals surface area contributed by atoms with E-state index in [4.69, 9.17) is 0 Å². The molecule has 2 heteroatoms. The highest BCUT2D eigenvalue weighted by Crippen LogP contribution is 2.08. The summed E-state index contributed by atoms with van der Waals surface area (Å²) >= 11 is 0. The van der Waals surface area contributed by atoms with Gasteiger partial charge in [0, 0.05) is 0 Å². The summed E-state index contributed by atoms with van der Waals surface area (Å²) in [5.41, 5.74) is 1.48. The molecule has 0 heterocycles. The SMILES string of the molecule is CCN(CC)CCCCCCc1ccccc1.O. The van der Waals surface area contributed by atoms with Gasteiger partial charge in [-0.3, -0.25) is 0 Å². The molecule has 1 rings (SSSR count). The molecule has 0 aromatic heterocycles. The number of nitrogens with zero attached hydrogens (tertiary/aromatic N) is 1. The first kappa shape index (κ1) is 17.1. The summed E-state index contributed by atoms with van der Waals surface area (Å²) in [4.78, 5) is 2.51. The summed E-state index contributed by atoms with van der Waals surface area (Å²) in [7, 11) is 0. The summed E-state index contributed by atoms with van der Waals surface area (Å²) in [6.45, 7) is 8.16. The standard InChI is InChI=1S/C16H27N.H2O/c1-3-17(4-2)15-11-6-5-8-12-16-13-9-7-10-14-16;/h7,9-10,13-14H,3-6,8,11-12,15H2,1-2H3;1H2. The summed E-state index contributed by atoms with van der Waals surface area (Å²) in [6.07, 6.45) is 6.68. The quantitative estimate of drug-likeness (QED) is 0.620. The van der Waals surface area contributed by atoms with Crippen molar-refractivity contribution in [3.63, 3.8) is 0 Å². The molecule has 0 radical (unpaired) electrons. The average molecular weight is 251 g/mol. The van der Waals surface area contributed by atoms with Crippen LogP contribution in [0.4, 0.5) is 0 Å². The highest BCUT2D eigenvalue weighted by molar-refractivity contribution is 5.14. The monoisotopic (exact) mass is 251 g/mol. The van der Waals surface area contributed by atoms with Gasteiger partial charge in [0.05, 0.1) is 0 Å². The Morgan fingerprint density at radius 2 is 1.44 bits per heavy atom. The zero-order valence-electron chi connectivity index (χ0n) is 12.0. The molecule has 0 amide bonds. The lowest BCUT2D eigenvalue weighted by Gasteiger charge is -2.17. The van der Waals surface area contributed by atoms with Crippen LogP contribution in [0.2, 0.25) is 0 Å². The van der Waals surface area contributed by atoms with Crippen LogP contribution in [0.5, 0.6) is 0 Å². The van der Waals surface area contributed by atoms with Crippen LogP contribution < -0.4 is 0 Å². The van der Waals surface area contributed by atoms with E-state index in [0.717, 1.165) is 0 Å². The first-order chi connectivity index (χ1) is 8.36. The number of unbranched alkanes of at least 4 members (excludes halogenated alkanes) is 3. The Morgan fingerprint density at radius 1 is 0.833 bits per heavy atom. The maximum atomic E-state index is 2.51. The molecule has 1 aromatic rings. The predicted octanol–water partition coefficient (Wildman–Crippen LogP) is 3.31. The third kappa shape index (κ3) is 7.46. The molecule has 0 bridgehead atoms. The lowest BCUT2D eigenvalue weighted by atomic mass is 10.1. The Balaban J connectivity index is 0.00000289. The molecule has 18 heavy (non-hydrogen) atoms. The fourth-order valence-electron chi connectivity index (χ4n) is 2.20. The van der Waals surface area contributed by atoms with E-state index < -0.39 is 0 Å². The lowest BCUT2D eigenvalue weighted by molar-refractivity contribution is 0.295.